The van der Waals surface area contributed by atoms with Gasteiger partial charge in [-0.2, -0.15) is 5.10 Å². The molecule has 3 rings (SSSR count). The Morgan fingerprint density at radius 2 is 2.07 bits per heavy atom. The van der Waals surface area contributed by atoms with Crippen molar-refractivity contribution in [2.24, 2.45) is 5.73 Å². The first kappa shape index (κ1) is 19.4. The molecule has 7 heteroatoms. The van der Waals surface area contributed by atoms with Crippen molar-refractivity contribution in [2.75, 3.05) is 33.4 Å². The Labute approximate surface area is 160 Å². The Hall–Kier alpha value is -2.38. The number of aryl methyl sites for hydroxylation is 1. The van der Waals surface area contributed by atoms with E-state index in [0.29, 0.717) is 31.9 Å². The van der Waals surface area contributed by atoms with Crippen molar-refractivity contribution in [3.63, 3.8) is 0 Å². The molecule has 1 aliphatic heterocycles. The number of nitrogens with two attached hydrogens (primary N) is 1. The Morgan fingerprint density at radius 3 is 2.78 bits per heavy atom. The number of aromatic nitrogens is 2. The molecule has 2 aromatic rings. The molecular weight excluding hydrogens is 344 g/mol. The zero-order chi connectivity index (χ0) is 19.2. The Morgan fingerprint density at radius 1 is 1.30 bits per heavy atom. The fraction of sp³-hybridized carbons (Fsp3) is 0.500. The van der Waals surface area contributed by atoms with Gasteiger partial charge in [0.15, 0.2) is 5.69 Å². The predicted molar refractivity (Wildman–Crippen MR) is 103 cm³/mol. The van der Waals surface area contributed by atoms with Crippen molar-refractivity contribution in [3.8, 4) is 11.4 Å². The minimum absolute atomic E-state index is 0.0409. The van der Waals surface area contributed by atoms with E-state index in [0.717, 1.165) is 36.3 Å². The second-order valence-corrected chi connectivity index (χ2v) is 6.83. The first-order valence-corrected chi connectivity index (χ1v) is 9.44. The van der Waals surface area contributed by atoms with Gasteiger partial charge < -0.3 is 20.1 Å². The van der Waals surface area contributed by atoms with E-state index in [1.807, 2.05) is 30.0 Å². The third-order valence-electron chi connectivity index (χ3n) is 4.82. The maximum Gasteiger partial charge on any atom is 0.274 e. The molecule has 0 aliphatic carbocycles. The highest BCUT2D eigenvalue weighted by atomic mass is 16.5. The quantitative estimate of drug-likeness (QED) is 0.753. The molecule has 0 atom stereocenters. The molecule has 0 saturated carbocycles. The van der Waals surface area contributed by atoms with Crippen molar-refractivity contribution in [1.29, 1.82) is 0 Å². The maximum atomic E-state index is 12.8. The van der Waals surface area contributed by atoms with Crippen LogP contribution in [-0.4, -0.2) is 60.0 Å². The van der Waals surface area contributed by atoms with E-state index in [1.54, 1.807) is 24.1 Å². The normalized spacial score (nSPS) is 15.1. The van der Waals surface area contributed by atoms with Crippen LogP contribution in [0.25, 0.3) is 5.69 Å². The van der Waals surface area contributed by atoms with Crippen LogP contribution in [0.5, 0.6) is 5.75 Å². The minimum Gasteiger partial charge on any atom is -0.494 e. The number of likely N-dealkylation sites (tertiary alicyclic amines) is 1. The summed E-state index contributed by atoms with van der Waals surface area (Å²) in [5.41, 5.74) is 7.86. The van der Waals surface area contributed by atoms with Crippen molar-refractivity contribution < 1.29 is 14.3 Å². The Balaban J connectivity index is 1.64. The summed E-state index contributed by atoms with van der Waals surface area (Å²) in [4.78, 5) is 14.6. The highest BCUT2D eigenvalue weighted by molar-refractivity contribution is 5.92. The summed E-state index contributed by atoms with van der Waals surface area (Å²) in [6.07, 6.45) is 4.59. The average Bonchev–Trinajstić information content (AvgIpc) is 3.18. The lowest BCUT2D eigenvalue weighted by Crippen LogP contribution is -2.41. The molecule has 0 radical (unpaired) electrons. The lowest BCUT2D eigenvalue weighted by Gasteiger charge is -2.31. The number of carbonyl (C=O) groups is 1. The maximum absolute atomic E-state index is 12.8. The Bertz CT molecular complexity index is 766. The average molecular weight is 372 g/mol. The molecule has 1 aliphatic rings. The van der Waals surface area contributed by atoms with E-state index < -0.39 is 0 Å². The van der Waals surface area contributed by atoms with Gasteiger partial charge in [-0.3, -0.25) is 4.79 Å². The van der Waals surface area contributed by atoms with Crippen LogP contribution in [0.1, 0.15) is 35.3 Å². The van der Waals surface area contributed by atoms with Gasteiger partial charge in [0, 0.05) is 25.9 Å². The summed E-state index contributed by atoms with van der Waals surface area (Å²) < 4.78 is 12.9. The van der Waals surface area contributed by atoms with E-state index >= 15 is 0 Å². The monoisotopic (exact) mass is 372 g/mol. The summed E-state index contributed by atoms with van der Waals surface area (Å²) in [7, 11) is 1.63. The van der Waals surface area contributed by atoms with Gasteiger partial charge in [0.05, 0.1) is 13.2 Å². The second-order valence-electron chi connectivity index (χ2n) is 6.83. The van der Waals surface area contributed by atoms with Crippen molar-refractivity contribution in [3.05, 3.63) is 41.7 Å². The van der Waals surface area contributed by atoms with Crippen LogP contribution in [0.3, 0.4) is 0 Å². The van der Waals surface area contributed by atoms with Crippen LogP contribution in [0.4, 0.5) is 0 Å². The van der Waals surface area contributed by atoms with Crippen molar-refractivity contribution >= 4 is 5.91 Å². The standard InChI is InChI=1S/C20H28N4O3/c1-15-4-5-19(26-2)18(14-15)24-12-8-17(22-24)20(25)23-10-6-16(7-11-23)27-13-3-9-21/h4-5,8,12,14,16H,3,6-7,9-11,13,21H2,1-2H3. The third kappa shape index (κ3) is 4.67. The van der Waals surface area contributed by atoms with E-state index in [1.165, 1.54) is 0 Å². The molecule has 0 spiro atoms. The SMILES string of the molecule is COc1ccc(C)cc1-n1ccc(C(=O)N2CCC(OCCCN)CC2)n1. The van der Waals surface area contributed by atoms with Crippen LogP contribution in [0, 0.1) is 6.92 Å². The molecule has 1 amide bonds. The van der Waals surface area contributed by atoms with E-state index in [-0.39, 0.29) is 12.0 Å². The molecule has 2 N–H and O–H groups in total. The number of hydrogen-bond donors (Lipinski definition) is 1. The number of methoxy groups -OCH3 is 1. The first-order chi connectivity index (χ1) is 13.1. The fourth-order valence-corrected chi connectivity index (χ4v) is 3.27. The van der Waals surface area contributed by atoms with Gasteiger partial charge in [0.2, 0.25) is 0 Å². The minimum atomic E-state index is -0.0409. The summed E-state index contributed by atoms with van der Waals surface area (Å²) in [5.74, 6) is 0.680. The predicted octanol–water partition coefficient (Wildman–Crippen LogP) is 2.16. The van der Waals surface area contributed by atoms with Gasteiger partial charge in [-0.05, 0) is 56.5 Å². The van der Waals surface area contributed by atoms with Crippen LogP contribution in [0.2, 0.25) is 0 Å². The molecule has 0 unspecified atom stereocenters. The summed E-state index contributed by atoms with van der Waals surface area (Å²) in [6, 6.07) is 7.64. The molecule has 0 bridgehead atoms. The molecule has 1 aromatic carbocycles. The van der Waals surface area contributed by atoms with Gasteiger partial charge in [0.25, 0.3) is 5.91 Å². The molecule has 7 nitrogen and oxygen atoms in total. The van der Waals surface area contributed by atoms with Crippen LogP contribution < -0.4 is 10.5 Å². The summed E-state index contributed by atoms with van der Waals surface area (Å²) in [5, 5.41) is 4.49. The van der Waals surface area contributed by atoms with Crippen LogP contribution >= 0.6 is 0 Å². The van der Waals surface area contributed by atoms with E-state index in [2.05, 4.69) is 5.10 Å². The summed E-state index contributed by atoms with van der Waals surface area (Å²) in [6.45, 7) is 4.72. The number of hydrogen-bond acceptors (Lipinski definition) is 5. The number of piperidine rings is 1. The molecule has 146 valence electrons. The Kier molecular flexibility index (Phi) is 6.47. The molecule has 1 aromatic heterocycles. The van der Waals surface area contributed by atoms with Gasteiger partial charge in [-0.25, -0.2) is 4.68 Å². The molecule has 27 heavy (non-hydrogen) atoms. The fourth-order valence-electron chi connectivity index (χ4n) is 3.27. The second kappa shape index (κ2) is 9.01. The highest BCUT2D eigenvalue weighted by Crippen LogP contribution is 2.24. The third-order valence-corrected chi connectivity index (χ3v) is 4.82. The van der Waals surface area contributed by atoms with Crippen molar-refractivity contribution in [2.45, 2.75) is 32.3 Å². The van der Waals surface area contributed by atoms with Crippen LogP contribution in [0.15, 0.2) is 30.5 Å². The smallest absolute Gasteiger partial charge is 0.274 e. The highest BCUT2D eigenvalue weighted by Gasteiger charge is 2.25. The number of benzene rings is 1. The number of ether oxygens (including phenoxy) is 2. The number of rotatable bonds is 7. The van der Waals surface area contributed by atoms with Crippen molar-refractivity contribution in [1.82, 2.24) is 14.7 Å². The van der Waals surface area contributed by atoms with Crippen LogP contribution in [-0.2, 0) is 4.74 Å². The number of carbonyl (C=O) groups excluding carboxylic acids is 1. The van der Waals surface area contributed by atoms with E-state index in [4.69, 9.17) is 15.2 Å². The zero-order valence-corrected chi connectivity index (χ0v) is 16.1. The molecule has 1 saturated heterocycles. The van der Waals surface area contributed by atoms with E-state index in [9.17, 15) is 4.79 Å². The first-order valence-electron chi connectivity index (χ1n) is 9.44. The molecule has 2 heterocycles. The number of nitrogens with zero attached hydrogens (tertiary/aromatic N) is 3. The lowest BCUT2D eigenvalue weighted by molar-refractivity contribution is 0.00828. The lowest BCUT2D eigenvalue weighted by atomic mass is 10.1. The molecular formula is C20H28N4O3. The summed E-state index contributed by atoms with van der Waals surface area (Å²) >= 11 is 0. The van der Waals surface area contributed by atoms with Gasteiger partial charge in [-0.15, -0.1) is 0 Å². The molecule has 1 fully saturated rings. The van der Waals surface area contributed by atoms with Gasteiger partial charge in [-0.1, -0.05) is 6.07 Å². The largest absolute Gasteiger partial charge is 0.494 e. The van der Waals surface area contributed by atoms with Gasteiger partial charge in [0.1, 0.15) is 11.4 Å². The van der Waals surface area contributed by atoms with Gasteiger partial charge >= 0.3 is 0 Å². The zero-order valence-electron chi connectivity index (χ0n) is 16.1. The topological polar surface area (TPSA) is 82.6 Å². The number of amides is 1.